The Morgan fingerprint density at radius 1 is 1.39 bits per heavy atom. The lowest BCUT2D eigenvalue weighted by atomic mass is 9.81. The Morgan fingerprint density at radius 3 is 2.67 bits per heavy atom. The third-order valence-electron chi connectivity index (χ3n) is 3.53. The first kappa shape index (κ1) is 13.0. The van der Waals surface area contributed by atoms with Crippen molar-refractivity contribution in [3.63, 3.8) is 0 Å². The first-order valence-electron chi connectivity index (χ1n) is 6.31. The Morgan fingerprint density at radius 2 is 2.11 bits per heavy atom. The van der Waals surface area contributed by atoms with Crippen LogP contribution in [0.1, 0.15) is 25.7 Å². The summed E-state index contributed by atoms with van der Waals surface area (Å²) in [5.41, 5.74) is 5.62. The average molecular weight is 251 g/mol. The Hall–Kier alpha value is -1.49. The van der Waals surface area contributed by atoms with Crippen LogP contribution in [0.3, 0.4) is 0 Å². The van der Waals surface area contributed by atoms with Gasteiger partial charge in [-0.15, -0.1) is 0 Å². The van der Waals surface area contributed by atoms with E-state index in [4.69, 9.17) is 5.73 Å². The number of hydrogen-bond donors (Lipinski definition) is 2. The van der Waals surface area contributed by atoms with Gasteiger partial charge in [-0.3, -0.25) is 4.79 Å². The van der Waals surface area contributed by atoms with Gasteiger partial charge in [0.25, 0.3) is 0 Å². The Labute approximate surface area is 106 Å². The molecule has 4 nitrogen and oxygen atoms in total. The molecule has 1 amide bonds. The maximum Gasteiger partial charge on any atom is 0.228 e. The second-order valence-corrected chi connectivity index (χ2v) is 4.80. The number of carbonyl (C=O) groups is 1. The number of rotatable bonds is 3. The summed E-state index contributed by atoms with van der Waals surface area (Å²) in [4.78, 5) is 15.8. The van der Waals surface area contributed by atoms with Crippen molar-refractivity contribution >= 4 is 11.7 Å². The van der Waals surface area contributed by atoms with Crippen molar-refractivity contribution in [2.75, 3.05) is 11.9 Å². The van der Waals surface area contributed by atoms with Crippen molar-refractivity contribution in [1.29, 1.82) is 0 Å². The van der Waals surface area contributed by atoms with Gasteiger partial charge in [0.2, 0.25) is 5.91 Å². The number of aromatic nitrogens is 1. The number of halogens is 1. The van der Waals surface area contributed by atoms with Gasteiger partial charge in [-0.25, -0.2) is 9.37 Å². The van der Waals surface area contributed by atoms with E-state index >= 15 is 0 Å². The van der Waals surface area contributed by atoms with Crippen molar-refractivity contribution < 1.29 is 9.18 Å². The quantitative estimate of drug-likeness (QED) is 0.862. The molecule has 1 aromatic heterocycles. The number of anilines is 1. The van der Waals surface area contributed by atoms with Crippen LogP contribution in [-0.2, 0) is 4.79 Å². The number of nitrogens with two attached hydrogens (primary N) is 1. The zero-order valence-electron chi connectivity index (χ0n) is 10.2. The van der Waals surface area contributed by atoms with E-state index < -0.39 is 5.82 Å². The molecule has 0 saturated heterocycles. The number of carbonyl (C=O) groups excluding carboxylic acids is 1. The van der Waals surface area contributed by atoms with Crippen LogP contribution < -0.4 is 11.1 Å². The van der Waals surface area contributed by atoms with Gasteiger partial charge < -0.3 is 11.1 Å². The maximum absolute atomic E-state index is 12.7. The summed E-state index contributed by atoms with van der Waals surface area (Å²) in [6.45, 7) is 0.702. The molecular weight excluding hydrogens is 233 g/mol. The standard InChI is InChI=1S/C13H18FN3O/c14-11-5-6-12(16-8-11)17-13(18)10-3-1-9(7-15)2-4-10/h5-6,8-10H,1-4,7,15H2,(H,16,17,18). The Balaban J connectivity index is 1.87. The lowest BCUT2D eigenvalue weighted by molar-refractivity contribution is -0.121. The summed E-state index contributed by atoms with van der Waals surface area (Å²) in [7, 11) is 0. The maximum atomic E-state index is 12.7. The van der Waals surface area contributed by atoms with Crippen molar-refractivity contribution in [3.05, 3.63) is 24.1 Å². The third-order valence-corrected chi connectivity index (χ3v) is 3.53. The summed E-state index contributed by atoms with van der Waals surface area (Å²) in [5, 5.41) is 2.72. The molecule has 1 saturated carbocycles. The summed E-state index contributed by atoms with van der Waals surface area (Å²) < 4.78 is 12.7. The zero-order chi connectivity index (χ0) is 13.0. The molecule has 0 unspecified atom stereocenters. The topological polar surface area (TPSA) is 68.0 Å². The van der Waals surface area contributed by atoms with Crippen LogP contribution in [0.15, 0.2) is 18.3 Å². The molecule has 0 bridgehead atoms. The van der Waals surface area contributed by atoms with Gasteiger partial charge in [-0.1, -0.05) is 0 Å². The van der Waals surface area contributed by atoms with E-state index in [1.165, 1.54) is 12.1 Å². The second kappa shape index (κ2) is 5.91. The van der Waals surface area contributed by atoms with E-state index in [0.717, 1.165) is 31.9 Å². The highest BCUT2D eigenvalue weighted by Crippen LogP contribution is 2.28. The molecule has 1 heterocycles. The van der Waals surface area contributed by atoms with Gasteiger partial charge in [0.15, 0.2) is 0 Å². The molecule has 98 valence electrons. The first-order valence-corrected chi connectivity index (χ1v) is 6.31. The largest absolute Gasteiger partial charge is 0.330 e. The van der Waals surface area contributed by atoms with Crippen molar-refractivity contribution in [2.24, 2.45) is 17.6 Å². The van der Waals surface area contributed by atoms with Crippen LogP contribution in [-0.4, -0.2) is 17.4 Å². The lowest BCUT2D eigenvalue weighted by Gasteiger charge is -2.26. The molecule has 1 aliphatic rings. The second-order valence-electron chi connectivity index (χ2n) is 4.80. The van der Waals surface area contributed by atoms with Gasteiger partial charge >= 0.3 is 0 Å². The van der Waals surface area contributed by atoms with Gasteiger partial charge in [-0.05, 0) is 50.3 Å². The molecule has 1 fully saturated rings. The fourth-order valence-electron chi connectivity index (χ4n) is 2.34. The SMILES string of the molecule is NCC1CCC(C(=O)Nc2ccc(F)cn2)CC1. The van der Waals surface area contributed by atoms with Crippen molar-refractivity contribution in [1.82, 2.24) is 4.98 Å². The normalized spacial score (nSPS) is 23.7. The van der Waals surface area contributed by atoms with Crippen LogP contribution in [0.2, 0.25) is 0 Å². The van der Waals surface area contributed by atoms with Crippen LogP contribution in [0.5, 0.6) is 0 Å². The molecule has 3 N–H and O–H groups in total. The van der Waals surface area contributed by atoms with Crippen molar-refractivity contribution in [2.45, 2.75) is 25.7 Å². The monoisotopic (exact) mass is 251 g/mol. The molecule has 0 aromatic carbocycles. The highest BCUT2D eigenvalue weighted by molar-refractivity contribution is 5.91. The van der Waals surface area contributed by atoms with Crippen LogP contribution in [0.25, 0.3) is 0 Å². The van der Waals surface area contributed by atoms with E-state index in [2.05, 4.69) is 10.3 Å². The van der Waals surface area contributed by atoms with Crippen molar-refractivity contribution in [3.8, 4) is 0 Å². The number of hydrogen-bond acceptors (Lipinski definition) is 3. The molecular formula is C13H18FN3O. The van der Waals surface area contributed by atoms with Crippen LogP contribution in [0, 0.1) is 17.7 Å². The first-order chi connectivity index (χ1) is 8.69. The van der Waals surface area contributed by atoms with E-state index in [9.17, 15) is 9.18 Å². The highest BCUT2D eigenvalue weighted by Gasteiger charge is 2.25. The van der Waals surface area contributed by atoms with Gasteiger partial charge in [0, 0.05) is 5.92 Å². The van der Waals surface area contributed by atoms with E-state index in [0.29, 0.717) is 18.3 Å². The molecule has 0 spiro atoms. The molecule has 0 radical (unpaired) electrons. The number of nitrogens with one attached hydrogen (secondary N) is 1. The van der Waals surface area contributed by atoms with Gasteiger partial charge in [-0.2, -0.15) is 0 Å². The minimum Gasteiger partial charge on any atom is -0.330 e. The minimum absolute atomic E-state index is 0.0235. The number of amides is 1. The smallest absolute Gasteiger partial charge is 0.228 e. The van der Waals surface area contributed by atoms with Gasteiger partial charge in [0.1, 0.15) is 11.6 Å². The average Bonchev–Trinajstić information content (AvgIpc) is 2.41. The molecule has 0 atom stereocenters. The van der Waals surface area contributed by atoms with Crippen LogP contribution in [0.4, 0.5) is 10.2 Å². The fraction of sp³-hybridized carbons (Fsp3) is 0.538. The fourth-order valence-corrected chi connectivity index (χ4v) is 2.34. The lowest BCUT2D eigenvalue weighted by Crippen LogP contribution is -2.29. The van der Waals surface area contributed by atoms with E-state index in [-0.39, 0.29) is 11.8 Å². The van der Waals surface area contributed by atoms with E-state index in [1.807, 2.05) is 0 Å². The molecule has 0 aliphatic heterocycles. The molecule has 1 aliphatic carbocycles. The van der Waals surface area contributed by atoms with Crippen LogP contribution >= 0.6 is 0 Å². The number of nitrogens with zero attached hydrogens (tertiary/aromatic N) is 1. The molecule has 18 heavy (non-hydrogen) atoms. The van der Waals surface area contributed by atoms with Gasteiger partial charge in [0.05, 0.1) is 6.20 Å². The Bertz CT molecular complexity index is 399. The Kier molecular flexibility index (Phi) is 4.25. The molecule has 5 heteroatoms. The highest BCUT2D eigenvalue weighted by atomic mass is 19.1. The summed E-state index contributed by atoms with van der Waals surface area (Å²) >= 11 is 0. The predicted octanol–water partition coefficient (Wildman–Crippen LogP) is 1.92. The summed E-state index contributed by atoms with van der Waals surface area (Å²) in [5.74, 6) is 0.557. The molecule has 1 aromatic rings. The summed E-state index contributed by atoms with van der Waals surface area (Å²) in [6.07, 6.45) is 4.85. The number of pyridine rings is 1. The van der Waals surface area contributed by atoms with E-state index in [1.54, 1.807) is 0 Å². The zero-order valence-corrected chi connectivity index (χ0v) is 10.2. The minimum atomic E-state index is -0.406. The third kappa shape index (κ3) is 3.26. The predicted molar refractivity (Wildman–Crippen MR) is 67.3 cm³/mol. The molecule has 2 rings (SSSR count). The summed E-state index contributed by atoms with van der Waals surface area (Å²) in [6, 6.07) is 2.76.